The van der Waals surface area contributed by atoms with Crippen LogP contribution in [0.5, 0.6) is 0 Å². The van der Waals surface area contributed by atoms with Crippen LogP contribution in [0, 0.1) is 5.82 Å². The first kappa shape index (κ1) is 51.9. The number of imide groups is 1. The van der Waals surface area contributed by atoms with Crippen LogP contribution in [-0.4, -0.2) is 104 Å². The van der Waals surface area contributed by atoms with Crippen LogP contribution in [0.3, 0.4) is 0 Å². The van der Waals surface area contributed by atoms with Crippen molar-refractivity contribution < 1.29 is 47.4 Å². The molecule has 18 heteroatoms. The number of nitrogens with one attached hydrogen (secondary N) is 5. The Bertz CT molecular complexity index is 2810. The molecule has 2 saturated heterocycles. The topological polar surface area (TPSA) is 194 Å². The van der Waals surface area contributed by atoms with Crippen molar-refractivity contribution in [1.29, 1.82) is 0 Å². The molecule has 4 aliphatic heterocycles. The maximum atomic E-state index is 16.3. The zero-order chi connectivity index (χ0) is 51.3. The van der Waals surface area contributed by atoms with E-state index in [-0.39, 0.29) is 33.4 Å². The largest absolute Gasteiger partial charge is 0.384 e. The smallest absolute Gasteiger partial charge is 0.264 e. The van der Waals surface area contributed by atoms with Crippen molar-refractivity contribution in [2.75, 3.05) is 62.1 Å². The summed E-state index contributed by atoms with van der Waals surface area (Å²) in [6.07, 6.45) is 6.91. The van der Waals surface area contributed by atoms with E-state index in [9.17, 15) is 28.8 Å². The molecule has 4 heterocycles. The van der Waals surface area contributed by atoms with E-state index in [2.05, 4.69) is 33.2 Å². The molecule has 4 aromatic rings. The molecule has 3 fully saturated rings. The van der Waals surface area contributed by atoms with E-state index in [0.29, 0.717) is 136 Å². The zero-order valence-electron chi connectivity index (χ0n) is 40.4. The quantitative estimate of drug-likeness (QED) is 0.0305. The van der Waals surface area contributed by atoms with E-state index in [1.54, 1.807) is 66.7 Å². The highest BCUT2D eigenvalue weighted by molar-refractivity contribution is 6.31. The number of hydrogen-bond donors (Lipinski definition) is 5. The fourth-order valence-electron chi connectivity index (χ4n) is 11.5. The molecule has 73 heavy (non-hydrogen) atoms. The Labute approximate surface area is 433 Å². The molecule has 1 saturated carbocycles. The molecule has 1 unspecified atom stereocenters. The average Bonchev–Trinajstić information content (AvgIpc) is 3.97. The van der Waals surface area contributed by atoms with Crippen molar-refractivity contribution >= 4 is 75.6 Å². The number of benzene rings is 4. The number of amides is 5. The second kappa shape index (κ2) is 22.6. The lowest BCUT2D eigenvalue weighted by Crippen LogP contribution is -2.60. The molecule has 15 nitrogen and oxygen atoms in total. The Balaban J connectivity index is 0.677. The first-order valence-electron chi connectivity index (χ1n) is 25.1. The number of unbranched alkanes of at least 4 members (excludes halogenated alkanes) is 1. The number of Topliss-reactive ketones (excluding diaryl/α,β-unsaturated/α-hetero) is 1. The Hall–Kier alpha value is -6.01. The highest BCUT2D eigenvalue weighted by Gasteiger charge is 2.72. The van der Waals surface area contributed by atoms with Crippen LogP contribution in [0.4, 0.5) is 21.5 Å². The van der Waals surface area contributed by atoms with Crippen molar-refractivity contribution in [3.05, 3.63) is 135 Å². The minimum absolute atomic E-state index is 0.0430. The van der Waals surface area contributed by atoms with Gasteiger partial charge >= 0.3 is 0 Å². The molecule has 1 aliphatic carbocycles. The summed E-state index contributed by atoms with van der Waals surface area (Å²) in [6.45, 7) is 6.77. The lowest BCUT2D eigenvalue weighted by atomic mass is 9.55. The van der Waals surface area contributed by atoms with Crippen molar-refractivity contribution in [3.8, 4) is 0 Å². The van der Waals surface area contributed by atoms with E-state index in [1.165, 1.54) is 6.07 Å². The summed E-state index contributed by atoms with van der Waals surface area (Å²) in [5.74, 6) is -3.81. The second-order valence-electron chi connectivity index (χ2n) is 19.3. The van der Waals surface area contributed by atoms with Gasteiger partial charge in [0.15, 0.2) is 5.78 Å². The number of carbonyl (C=O) groups excluding carboxylic acids is 6. The number of ether oxygens (including phenoxy) is 3. The van der Waals surface area contributed by atoms with E-state index in [1.807, 2.05) is 6.07 Å². The van der Waals surface area contributed by atoms with Crippen molar-refractivity contribution in [1.82, 2.24) is 15.5 Å². The Morgan fingerprint density at radius 1 is 0.808 bits per heavy atom. The molecule has 384 valence electrons. The van der Waals surface area contributed by atoms with Gasteiger partial charge in [0.1, 0.15) is 17.3 Å². The molecule has 0 aromatic heterocycles. The number of hydrogen-bond acceptors (Lipinski definition) is 11. The lowest BCUT2D eigenvalue weighted by Gasteiger charge is -2.47. The summed E-state index contributed by atoms with van der Waals surface area (Å²) in [5, 5.41) is 15.9. The summed E-state index contributed by atoms with van der Waals surface area (Å²) in [6, 6.07) is 19.8. The zero-order valence-corrected chi connectivity index (χ0v) is 41.9. The van der Waals surface area contributed by atoms with E-state index in [4.69, 9.17) is 37.4 Å². The Kier molecular flexibility index (Phi) is 16.1. The second-order valence-corrected chi connectivity index (χ2v) is 20.1. The van der Waals surface area contributed by atoms with Crippen LogP contribution >= 0.6 is 23.2 Å². The molecule has 9 rings (SSSR count). The molecule has 4 aromatic carbocycles. The van der Waals surface area contributed by atoms with Gasteiger partial charge in [0.25, 0.3) is 11.8 Å². The fourth-order valence-corrected chi connectivity index (χ4v) is 11.8. The number of anilines is 3. The summed E-state index contributed by atoms with van der Waals surface area (Å²) in [4.78, 5) is 82.4. The standard InChI is InChI=1S/C55H59Cl2FN6O9/c1-33-15-22-43(49(66)60-33)64-51(68)37-10-8-13-41(45(37)52(64)69)59-25-9-27-72-29-31-73-30-28-71-26-6-3-14-44(65)34-16-19-36(20-17-34)61-50(67)48-46(38-11-7-12-40(57)47(38)58)55(54(63-48)23-4-2-5-24-54)39-21-18-35(56)32-42(39)62-53(55)70/h7-8,10-13,16-21,32,43,46,48,59,63H,1-6,9,14-15,22-31H2,(H,60,66)(H,61,67)(H,62,70)/t43?,46-,48+,55+/m0/s1. The molecule has 0 bridgehead atoms. The van der Waals surface area contributed by atoms with E-state index >= 15 is 4.39 Å². The maximum absolute atomic E-state index is 16.3. The summed E-state index contributed by atoms with van der Waals surface area (Å²) >= 11 is 12.8. The number of fused-ring (bicyclic) bond motifs is 4. The van der Waals surface area contributed by atoms with Crippen LogP contribution in [0.25, 0.3) is 0 Å². The molecule has 4 atom stereocenters. The summed E-state index contributed by atoms with van der Waals surface area (Å²) < 4.78 is 33.3. The molecule has 5 aliphatic rings. The molecular formula is C55H59Cl2FN6O9. The molecule has 2 spiro atoms. The van der Waals surface area contributed by atoms with Crippen LogP contribution in [-0.2, 0) is 34.0 Å². The third kappa shape index (κ3) is 10.3. The maximum Gasteiger partial charge on any atom is 0.264 e. The number of ketones is 1. The molecule has 5 amide bonds. The highest BCUT2D eigenvalue weighted by Crippen LogP contribution is 2.63. The third-order valence-electron chi connectivity index (χ3n) is 14.8. The van der Waals surface area contributed by atoms with Gasteiger partial charge in [0, 0.05) is 71.0 Å². The summed E-state index contributed by atoms with van der Waals surface area (Å²) in [5.41, 5.74) is 1.77. The monoisotopic (exact) mass is 1040 g/mol. The number of allylic oxidation sites excluding steroid dienone is 1. The Morgan fingerprint density at radius 3 is 2.26 bits per heavy atom. The fraction of sp³-hybridized carbons (Fsp3) is 0.418. The van der Waals surface area contributed by atoms with Gasteiger partial charge in [-0.1, -0.05) is 73.3 Å². The highest BCUT2D eigenvalue weighted by atomic mass is 35.5. The SMILES string of the molecule is C=C1CCC(N2C(=O)c3cccc(NCCCOCCOCCOCCCCC(=O)c4ccc(NC(=O)[C@@H]5NC6(CCCCC6)[C@@]6(C(=O)Nc7cc(Cl)ccc76)[C@H]5c5cccc(Cl)c5F)cc4)c3C2=O)C(=O)N1. The minimum Gasteiger partial charge on any atom is -0.384 e. The van der Waals surface area contributed by atoms with Gasteiger partial charge in [0.05, 0.1) is 48.6 Å². The van der Waals surface area contributed by atoms with Gasteiger partial charge in [-0.25, -0.2) is 4.39 Å². The van der Waals surface area contributed by atoms with Gasteiger partial charge in [-0.2, -0.15) is 0 Å². The normalized spacial score (nSPS) is 21.9. The number of halogens is 3. The van der Waals surface area contributed by atoms with Crippen LogP contribution < -0.4 is 26.6 Å². The van der Waals surface area contributed by atoms with Gasteiger partial charge < -0.3 is 35.5 Å². The van der Waals surface area contributed by atoms with Crippen LogP contribution in [0.1, 0.15) is 119 Å². The first-order valence-corrected chi connectivity index (χ1v) is 25.8. The van der Waals surface area contributed by atoms with Crippen molar-refractivity contribution in [2.24, 2.45) is 0 Å². The molecule has 0 radical (unpaired) electrons. The van der Waals surface area contributed by atoms with E-state index < -0.39 is 58.4 Å². The van der Waals surface area contributed by atoms with Crippen LogP contribution in [0.15, 0.2) is 91.1 Å². The minimum atomic E-state index is -1.35. The number of piperidine rings is 1. The van der Waals surface area contributed by atoms with E-state index in [0.717, 1.165) is 24.2 Å². The van der Waals surface area contributed by atoms with Gasteiger partial charge in [0.2, 0.25) is 17.7 Å². The van der Waals surface area contributed by atoms with Crippen molar-refractivity contribution in [3.63, 3.8) is 0 Å². The third-order valence-corrected chi connectivity index (χ3v) is 15.4. The van der Waals surface area contributed by atoms with Crippen molar-refractivity contribution in [2.45, 2.75) is 99.6 Å². The predicted octanol–water partition coefficient (Wildman–Crippen LogP) is 8.71. The Morgan fingerprint density at radius 2 is 1.52 bits per heavy atom. The average molecular weight is 1040 g/mol. The first-order chi connectivity index (χ1) is 35.3. The number of carbonyl (C=O) groups is 6. The molecular weight excluding hydrogens is 979 g/mol. The lowest BCUT2D eigenvalue weighted by molar-refractivity contribution is -0.125. The van der Waals surface area contributed by atoms with Gasteiger partial charge in [-0.15, -0.1) is 0 Å². The number of rotatable bonds is 21. The summed E-state index contributed by atoms with van der Waals surface area (Å²) in [7, 11) is 0. The van der Waals surface area contributed by atoms with Gasteiger partial charge in [-0.3, -0.25) is 39.0 Å². The molecule has 5 N–H and O–H groups in total. The van der Waals surface area contributed by atoms with Gasteiger partial charge in [-0.05, 0) is 111 Å². The predicted molar refractivity (Wildman–Crippen MR) is 275 cm³/mol. The van der Waals surface area contributed by atoms with Crippen LogP contribution in [0.2, 0.25) is 10.0 Å². The number of nitrogens with zero attached hydrogens (tertiary/aromatic N) is 1.